The normalized spacial score (nSPS) is 31.4. The summed E-state index contributed by atoms with van der Waals surface area (Å²) in [4.78, 5) is 18.4. The molecule has 0 radical (unpaired) electrons. The van der Waals surface area contributed by atoms with Gasteiger partial charge in [-0.3, -0.25) is 9.78 Å². The average Bonchev–Trinajstić information content (AvgIpc) is 3.17. The third-order valence-corrected chi connectivity index (χ3v) is 5.57. The van der Waals surface area contributed by atoms with Crippen LogP contribution in [0.25, 0.3) is 0 Å². The fourth-order valence-electron chi connectivity index (χ4n) is 4.37. The van der Waals surface area contributed by atoms with Crippen molar-refractivity contribution < 1.29 is 15.0 Å². The number of amides is 1. The highest BCUT2D eigenvalue weighted by atomic mass is 16.3. The molecule has 1 saturated heterocycles. The summed E-state index contributed by atoms with van der Waals surface area (Å²) in [5, 5.41) is 20.5. The van der Waals surface area contributed by atoms with Gasteiger partial charge in [0, 0.05) is 31.3 Å². The minimum atomic E-state index is -0.632. The van der Waals surface area contributed by atoms with Crippen molar-refractivity contribution in [3.05, 3.63) is 66.0 Å². The standard InChI is InChI=1S/C19H20N2O3/c22-11-14-17(13-6-2-1-3-7-13)19(14)12-21(10-16(19)23)18(24)15-8-4-5-9-20-15/h1-9,14,16-17,22-23H,10-12H2/t14-,16-,17-,19-/m1/s1. The summed E-state index contributed by atoms with van der Waals surface area (Å²) in [6, 6.07) is 15.2. The smallest absolute Gasteiger partial charge is 0.272 e. The molecule has 1 saturated carbocycles. The summed E-state index contributed by atoms with van der Waals surface area (Å²) in [6.07, 6.45) is 0.961. The Bertz CT molecular complexity index is 737. The van der Waals surface area contributed by atoms with Crippen molar-refractivity contribution in [1.29, 1.82) is 0 Å². The number of hydrogen-bond acceptors (Lipinski definition) is 4. The van der Waals surface area contributed by atoms with Crippen molar-refractivity contribution in [3.63, 3.8) is 0 Å². The molecule has 2 aliphatic rings. The van der Waals surface area contributed by atoms with Crippen LogP contribution >= 0.6 is 0 Å². The Morgan fingerprint density at radius 1 is 1.21 bits per heavy atom. The Morgan fingerprint density at radius 2 is 1.96 bits per heavy atom. The number of nitrogens with zero attached hydrogens (tertiary/aromatic N) is 2. The Labute approximate surface area is 140 Å². The lowest BCUT2D eigenvalue weighted by atomic mass is 9.95. The summed E-state index contributed by atoms with van der Waals surface area (Å²) in [5.74, 6) is -0.0985. The van der Waals surface area contributed by atoms with Gasteiger partial charge in [-0.2, -0.15) is 0 Å². The number of benzene rings is 1. The molecule has 1 aromatic heterocycles. The molecule has 124 valence electrons. The van der Waals surface area contributed by atoms with E-state index in [1.807, 2.05) is 30.3 Å². The molecule has 5 nitrogen and oxygen atoms in total. The second-order valence-corrected chi connectivity index (χ2v) is 6.71. The first-order valence-electron chi connectivity index (χ1n) is 8.22. The zero-order valence-electron chi connectivity index (χ0n) is 13.2. The number of aliphatic hydroxyl groups is 2. The van der Waals surface area contributed by atoms with Crippen LogP contribution in [0.3, 0.4) is 0 Å². The summed E-state index contributed by atoms with van der Waals surface area (Å²) in [5.41, 5.74) is 1.06. The number of pyridine rings is 1. The van der Waals surface area contributed by atoms with Gasteiger partial charge in [-0.15, -0.1) is 0 Å². The first kappa shape index (κ1) is 15.3. The number of aliphatic hydroxyl groups excluding tert-OH is 2. The summed E-state index contributed by atoms with van der Waals surface area (Å²) in [7, 11) is 0. The molecule has 1 aromatic carbocycles. The van der Waals surface area contributed by atoms with Crippen molar-refractivity contribution in [2.24, 2.45) is 11.3 Å². The van der Waals surface area contributed by atoms with Gasteiger partial charge in [0.2, 0.25) is 0 Å². The maximum Gasteiger partial charge on any atom is 0.272 e. The first-order valence-corrected chi connectivity index (χ1v) is 8.22. The molecular weight excluding hydrogens is 304 g/mol. The Morgan fingerprint density at radius 3 is 2.62 bits per heavy atom. The maximum absolute atomic E-state index is 12.6. The van der Waals surface area contributed by atoms with Gasteiger partial charge in [-0.25, -0.2) is 0 Å². The van der Waals surface area contributed by atoms with E-state index in [2.05, 4.69) is 4.98 Å². The van der Waals surface area contributed by atoms with Crippen LogP contribution in [0, 0.1) is 11.3 Å². The number of hydrogen-bond donors (Lipinski definition) is 2. The average molecular weight is 324 g/mol. The van der Waals surface area contributed by atoms with Crippen molar-refractivity contribution in [3.8, 4) is 0 Å². The molecule has 1 aliphatic heterocycles. The number of carbonyl (C=O) groups is 1. The van der Waals surface area contributed by atoms with Crippen molar-refractivity contribution in [1.82, 2.24) is 9.88 Å². The van der Waals surface area contributed by atoms with E-state index < -0.39 is 11.5 Å². The topological polar surface area (TPSA) is 73.7 Å². The molecule has 1 spiro atoms. The molecule has 4 atom stereocenters. The molecule has 1 amide bonds. The van der Waals surface area contributed by atoms with E-state index in [4.69, 9.17) is 0 Å². The Balaban J connectivity index is 1.60. The SMILES string of the molecule is O=C(c1ccccn1)N1C[C@@H](O)[C@@]2(C1)[C@H](CO)[C@H]2c1ccccc1. The summed E-state index contributed by atoms with van der Waals surface area (Å²) in [6.45, 7) is 0.756. The van der Waals surface area contributed by atoms with Crippen molar-refractivity contribution >= 4 is 5.91 Å². The van der Waals surface area contributed by atoms with Gasteiger partial charge in [0.15, 0.2) is 0 Å². The summed E-state index contributed by atoms with van der Waals surface area (Å²) < 4.78 is 0. The van der Waals surface area contributed by atoms with Crippen LogP contribution in [0.4, 0.5) is 0 Å². The molecule has 0 unspecified atom stereocenters. The van der Waals surface area contributed by atoms with Crippen LogP contribution in [0.1, 0.15) is 22.0 Å². The van der Waals surface area contributed by atoms with Gasteiger partial charge in [-0.05, 0) is 29.5 Å². The fourth-order valence-corrected chi connectivity index (χ4v) is 4.37. The highest BCUT2D eigenvalue weighted by Crippen LogP contribution is 2.68. The molecule has 2 aromatic rings. The van der Waals surface area contributed by atoms with Gasteiger partial charge in [0.05, 0.1) is 6.10 Å². The maximum atomic E-state index is 12.6. The van der Waals surface area contributed by atoms with E-state index in [0.717, 1.165) is 5.56 Å². The van der Waals surface area contributed by atoms with E-state index in [1.54, 1.807) is 29.3 Å². The van der Waals surface area contributed by atoms with Crippen LogP contribution in [-0.2, 0) is 0 Å². The molecule has 4 rings (SSSR count). The third-order valence-electron chi connectivity index (χ3n) is 5.57. The minimum absolute atomic E-state index is 0.0161. The third kappa shape index (κ3) is 2.16. The molecule has 0 bridgehead atoms. The van der Waals surface area contributed by atoms with Crippen molar-refractivity contribution in [2.75, 3.05) is 19.7 Å². The van der Waals surface area contributed by atoms with E-state index in [9.17, 15) is 15.0 Å². The van der Waals surface area contributed by atoms with Crippen LogP contribution in [-0.4, -0.2) is 51.8 Å². The highest BCUT2D eigenvalue weighted by Gasteiger charge is 2.71. The molecular formula is C19H20N2O3. The van der Waals surface area contributed by atoms with E-state index in [1.165, 1.54) is 0 Å². The lowest BCUT2D eigenvalue weighted by Gasteiger charge is -2.16. The Kier molecular flexibility index (Phi) is 3.62. The van der Waals surface area contributed by atoms with E-state index in [-0.39, 0.29) is 30.9 Å². The predicted molar refractivity (Wildman–Crippen MR) is 88.3 cm³/mol. The zero-order chi connectivity index (χ0) is 16.7. The van der Waals surface area contributed by atoms with Crippen LogP contribution in [0.15, 0.2) is 54.7 Å². The largest absolute Gasteiger partial charge is 0.396 e. The monoisotopic (exact) mass is 324 g/mol. The van der Waals surface area contributed by atoms with Gasteiger partial charge in [-0.1, -0.05) is 36.4 Å². The van der Waals surface area contributed by atoms with Gasteiger partial charge < -0.3 is 15.1 Å². The van der Waals surface area contributed by atoms with E-state index in [0.29, 0.717) is 12.2 Å². The molecule has 24 heavy (non-hydrogen) atoms. The minimum Gasteiger partial charge on any atom is -0.396 e. The second kappa shape index (κ2) is 5.69. The molecule has 2 fully saturated rings. The highest BCUT2D eigenvalue weighted by molar-refractivity contribution is 5.92. The van der Waals surface area contributed by atoms with Gasteiger partial charge >= 0.3 is 0 Å². The predicted octanol–water partition coefficient (Wildman–Crippen LogP) is 1.29. The number of likely N-dealkylation sites (tertiary alicyclic amines) is 1. The second-order valence-electron chi connectivity index (χ2n) is 6.71. The lowest BCUT2D eigenvalue weighted by molar-refractivity contribution is 0.0758. The Hall–Kier alpha value is -2.24. The zero-order valence-corrected chi connectivity index (χ0v) is 13.2. The van der Waals surface area contributed by atoms with Gasteiger partial charge in [0.1, 0.15) is 5.69 Å². The number of carbonyl (C=O) groups excluding carboxylic acids is 1. The van der Waals surface area contributed by atoms with Crippen LogP contribution in [0.2, 0.25) is 0 Å². The fraction of sp³-hybridized carbons (Fsp3) is 0.368. The van der Waals surface area contributed by atoms with Crippen molar-refractivity contribution in [2.45, 2.75) is 12.0 Å². The quantitative estimate of drug-likeness (QED) is 0.892. The van der Waals surface area contributed by atoms with Crippen LogP contribution in [0.5, 0.6) is 0 Å². The molecule has 2 heterocycles. The first-order chi connectivity index (χ1) is 11.7. The molecule has 1 aliphatic carbocycles. The lowest BCUT2D eigenvalue weighted by Crippen LogP contribution is -2.30. The molecule has 5 heteroatoms. The molecule has 2 N–H and O–H groups in total. The number of rotatable bonds is 3. The van der Waals surface area contributed by atoms with Crippen LogP contribution < -0.4 is 0 Å². The summed E-state index contributed by atoms with van der Waals surface area (Å²) >= 11 is 0. The number of aromatic nitrogens is 1. The van der Waals surface area contributed by atoms with Gasteiger partial charge in [0.25, 0.3) is 5.91 Å². The number of β-amino-alcohol motifs (C(OH)–C–C–N with tert-alkyl or cyclic N) is 1. The van der Waals surface area contributed by atoms with E-state index >= 15 is 0 Å².